The van der Waals surface area contributed by atoms with Gasteiger partial charge in [-0.3, -0.25) is 9.69 Å². The molecule has 0 spiro atoms. The molecule has 4 nitrogen and oxygen atoms in total. The lowest BCUT2D eigenvalue weighted by Crippen LogP contribution is -2.42. The molecule has 21 heavy (non-hydrogen) atoms. The Morgan fingerprint density at radius 3 is 3.00 bits per heavy atom. The summed E-state index contributed by atoms with van der Waals surface area (Å²) in [6.45, 7) is 6.80. The van der Waals surface area contributed by atoms with Gasteiger partial charge in [0.1, 0.15) is 0 Å². The molecule has 2 aliphatic heterocycles. The molecule has 2 heterocycles. The van der Waals surface area contributed by atoms with Gasteiger partial charge in [0.2, 0.25) is 5.91 Å². The molecule has 1 amide bonds. The summed E-state index contributed by atoms with van der Waals surface area (Å²) in [5.41, 5.74) is 1.27. The molecule has 2 fully saturated rings. The molecule has 0 bridgehead atoms. The average molecular weight is 291 g/mol. The number of piperidine rings is 1. The second kappa shape index (κ2) is 6.93. The highest BCUT2D eigenvalue weighted by molar-refractivity contribution is 5.80. The van der Waals surface area contributed by atoms with Gasteiger partial charge in [-0.05, 0) is 57.9 Å². The van der Waals surface area contributed by atoms with E-state index in [4.69, 9.17) is 0 Å². The molecular weight excluding hydrogens is 262 g/mol. The lowest BCUT2D eigenvalue weighted by Gasteiger charge is -2.28. The predicted octanol–water partition coefficient (Wildman–Crippen LogP) is 1.98. The Kier molecular flexibility index (Phi) is 4.96. The quantitative estimate of drug-likeness (QED) is 0.860. The van der Waals surface area contributed by atoms with Crippen LogP contribution in [0.4, 0.5) is 0 Å². The van der Waals surface area contributed by atoms with Gasteiger partial charge in [0.05, 0.1) is 6.54 Å². The Morgan fingerprint density at radius 1 is 1.38 bits per heavy atom. The van der Waals surface area contributed by atoms with Crippen LogP contribution in [0.3, 0.4) is 0 Å². The number of likely N-dealkylation sites (tertiary alicyclic amines) is 1. The topological polar surface area (TPSA) is 35.6 Å². The van der Waals surface area contributed by atoms with Crippen LogP contribution in [0.1, 0.15) is 45.4 Å². The zero-order valence-corrected chi connectivity index (χ0v) is 13.3. The van der Waals surface area contributed by atoms with Crippen LogP contribution in [0.15, 0.2) is 11.8 Å². The number of nitrogens with one attached hydrogen (secondary N) is 1. The van der Waals surface area contributed by atoms with Gasteiger partial charge in [0.15, 0.2) is 0 Å². The molecule has 2 atom stereocenters. The summed E-state index contributed by atoms with van der Waals surface area (Å²) in [7, 11) is 0. The second-order valence-electron chi connectivity index (χ2n) is 6.74. The standard InChI is InChI=1S/C17H29N3O/c1-2-20(15-8-4-3-5-9-15)17(21)13-19-11-14-7-6-10-18-16(14)12-19/h8,14,16,18H,2-7,9-13H2,1H3/t14-,16+/m0/s1. The van der Waals surface area contributed by atoms with Crippen LogP contribution < -0.4 is 5.32 Å². The third kappa shape index (κ3) is 3.49. The van der Waals surface area contributed by atoms with E-state index in [1.807, 2.05) is 4.90 Å². The zero-order chi connectivity index (χ0) is 14.7. The maximum atomic E-state index is 12.7. The van der Waals surface area contributed by atoms with Gasteiger partial charge in [-0.2, -0.15) is 0 Å². The van der Waals surface area contributed by atoms with Crippen LogP contribution in [-0.4, -0.2) is 54.5 Å². The lowest BCUT2D eigenvalue weighted by atomic mass is 9.94. The minimum absolute atomic E-state index is 0.296. The van der Waals surface area contributed by atoms with E-state index < -0.39 is 0 Å². The van der Waals surface area contributed by atoms with Gasteiger partial charge in [0, 0.05) is 31.4 Å². The number of carbonyl (C=O) groups is 1. The van der Waals surface area contributed by atoms with Crippen molar-refractivity contribution in [2.75, 3.05) is 32.7 Å². The van der Waals surface area contributed by atoms with Crippen molar-refractivity contribution < 1.29 is 4.79 Å². The Hall–Kier alpha value is -0.870. The van der Waals surface area contributed by atoms with E-state index in [0.29, 0.717) is 18.5 Å². The van der Waals surface area contributed by atoms with Gasteiger partial charge in [-0.1, -0.05) is 6.08 Å². The molecule has 0 aromatic heterocycles. The number of rotatable bonds is 4. The van der Waals surface area contributed by atoms with Gasteiger partial charge in [-0.15, -0.1) is 0 Å². The summed E-state index contributed by atoms with van der Waals surface area (Å²) in [5.74, 6) is 1.06. The molecule has 2 saturated heterocycles. The molecule has 118 valence electrons. The van der Waals surface area contributed by atoms with Crippen molar-refractivity contribution in [1.82, 2.24) is 15.1 Å². The second-order valence-corrected chi connectivity index (χ2v) is 6.74. The van der Waals surface area contributed by atoms with Crippen LogP contribution in [-0.2, 0) is 4.79 Å². The van der Waals surface area contributed by atoms with Crippen LogP contribution in [0.25, 0.3) is 0 Å². The molecule has 0 unspecified atom stereocenters. The molecule has 0 radical (unpaired) electrons. The van der Waals surface area contributed by atoms with Crippen LogP contribution >= 0.6 is 0 Å². The van der Waals surface area contributed by atoms with Gasteiger partial charge < -0.3 is 10.2 Å². The normalized spacial score (nSPS) is 29.9. The summed E-state index contributed by atoms with van der Waals surface area (Å²) in [4.78, 5) is 17.0. The van der Waals surface area contributed by atoms with Gasteiger partial charge in [-0.25, -0.2) is 0 Å². The van der Waals surface area contributed by atoms with Crippen LogP contribution in [0.5, 0.6) is 0 Å². The Bertz CT molecular complexity index is 393. The summed E-state index contributed by atoms with van der Waals surface area (Å²) in [6, 6.07) is 0.621. The highest BCUT2D eigenvalue weighted by Gasteiger charge is 2.35. The first-order valence-corrected chi connectivity index (χ1v) is 8.73. The maximum absolute atomic E-state index is 12.7. The molecule has 1 N–H and O–H groups in total. The molecule has 1 aliphatic carbocycles. The lowest BCUT2D eigenvalue weighted by molar-refractivity contribution is -0.130. The zero-order valence-electron chi connectivity index (χ0n) is 13.3. The highest BCUT2D eigenvalue weighted by atomic mass is 16.2. The number of likely N-dealkylation sites (N-methyl/N-ethyl adjacent to an activating group) is 1. The molecule has 3 aliphatic rings. The largest absolute Gasteiger partial charge is 0.316 e. The van der Waals surface area contributed by atoms with Crippen molar-refractivity contribution in [1.29, 1.82) is 0 Å². The first-order valence-electron chi connectivity index (χ1n) is 8.73. The van der Waals surface area contributed by atoms with Crippen molar-refractivity contribution in [2.24, 2.45) is 5.92 Å². The molecule has 3 rings (SSSR count). The van der Waals surface area contributed by atoms with Crippen molar-refractivity contribution in [2.45, 2.75) is 51.5 Å². The maximum Gasteiger partial charge on any atom is 0.240 e. The minimum Gasteiger partial charge on any atom is -0.316 e. The molecule has 0 aromatic rings. The first kappa shape index (κ1) is 15.0. The molecule has 4 heteroatoms. The summed E-state index contributed by atoms with van der Waals surface area (Å²) in [5, 5.41) is 3.61. The Balaban J connectivity index is 1.56. The fraction of sp³-hybridized carbons (Fsp3) is 0.824. The van der Waals surface area contributed by atoms with Gasteiger partial charge in [0.25, 0.3) is 0 Å². The van der Waals surface area contributed by atoms with Crippen molar-refractivity contribution in [3.05, 3.63) is 11.8 Å². The van der Waals surface area contributed by atoms with Gasteiger partial charge >= 0.3 is 0 Å². The number of hydrogen-bond acceptors (Lipinski definition) is 3. The van der Waals surface area contributed by atoms with Crippen molar-refractivity contribution >= 4 is 5.91 Å². The van der Waals surface area contributed by atoms with Crippen molar-refractivity contribution in [3.8, 4) is 0 Å². The fourth-order valence-corrected chi connectivity index (χ4v) is 4.15. The van der Waals surface area contributed by atoms with E-state index in [1.54, 1.807) is 0 Å². The number of fused-ring (bicyclic) bond motifs is 1. The number of carbonyl (C=O) groups excluding carboxylic acids is 1. The highest BCUT2D eigenvalue weighted by Crippen LogP contribution is 2.25. The smallest absolute Gasteiger partial charge is 0.240 e. The van der Waals surface area contributed by atoms with E-state index in [0.717, 1.165) is 44.9 Å². The minimum atomic E-state index is 0.296. The Labute approximate surface area is 128 Å². The summed E-state index contributed by atoms with van der Waals surface area (Å²) >= 11 is 0. The van der Waals surface area contributed by atoms with E-state index in [1.165, 1.54) is 31.4 Å². The predicted molar refractivity (Wildman–Crippen MR) is 84.9 cm³/mol. The third-order valence-corrected chi connectivity index (χ3v) is 5.26. The van der Waals surface area contributed by atoms with E-state index in [9.17, 15) is 4.79 Å². The van der Waals surface area contributed by atoms with Crippen LogP contribution in [0.2, 0.25) is 0 Å². The number of allylic oxidation sites excluding steroid dienone is 2. The third-order valence-electron chi connectivity index (χ3n) is 5.26. The van der Waals surface area contributed by atoms with E-state index >= 15 is 0 Å². The van der Waals surface area contributed by atoms with E-state index in [2.05, 4.69) is 23.2 Å². The summed E-state index contributed by atoms with van der Waals surface area (Å²) in [6.07, 6.45) is 9.60. The van der Waals surface area contributed by atoms with Crippen molar-refractivity contribution in [3.63, 3.8) is 0 Å². The Morgan fingerprint density at radius 2 is 2.29 bits per heavy atom. The van der Waals surface area contributed by atoms with E-state index in [-0.39, 0.29) is 0 Å². The molecular formula is C17H29N3O. The van der Waals surface area contributed by atoms with Crippen LogP contribution in [0, 0.1) is 5.92 Å². The average Bonchev–Trinajstić information content (AvgIpc) is 2.91. The monoisotopic (exact) mass is 291 g/mol. The summed E-state index contributed by atoms with van der Waals surface area (Å²) < 4.78 is 0. The number of hydrogen-bond donors (Lipinski definition) is 1. The molecule has 0 saturated carbocycles. The fourth-order valence-electron chi connectivity index (χ4n) is 4.15. The number of amides is 1. The SMILES string of the molecule is CCN(C(=O)CN1C[C@@H]2CCCN[C@@H]2C1)C1=CCCCC1. The number of nitrogens with zero attached hydrogens (tertiary/aromatic N) is 2. The molecule has 0 aromatic carbocycles. The first-order chi connectivity index (χ1) is 10.3.